The number of aromatic amines is 1. The highest BCUT2D eigenvalue weighted by Gasteiger charge is 2.12. The number of halogens is 1. The molecule has 154 valence electrons. The first kappa shape index (κ1) is 20.6. The van der Waals surface area contributed by atoms with E-state index in [1.165, 1.54) is 22.1 Å². The number of hydrogen-bond donors (Lipinski definition) is 2. The number of carbonyl (C=O) groups excluding carboxylic acids is 1. The molecule has 2 aromatic carbocycles. The highest BCUT2D eigenvalue weighted by Crippen LogP contribution is 2.33. The number of nitrogens with zero attached hydrogens (tertiary/aromatic N) is 2. The number of nitrogens with one attached hydrogen (secondary N) is 2. The van der Waals surface area contributed by atoms with Gasteiger partial charge in [0, 0.05) is 31.7 Å². The molecule has 2 heterocycles. The van der Waals surface area contributed by atoms with Crippen LogP contribution in [0.1, 0.15) is 29.3 Å². The van der Waals surface area contributed by atoms with Crippen LogP contribution in [0.2, 0.25) is 0 Å². The first-order chi connectivity index (χ1) is 14.5. The minimum Gasteiger partial charge on any atom is -0.466 e. The van der Waals surface area contributed by atoms with E-state index in [9.17, 15) is 4.79 Å². The molecule has 2 N–H and O–H groups in total. The van der Waals surface area contributed by atoms with Crippen LogP contribution in [-0.2, 0) is 16.0 Å². The molecule has 0 bridgehead atoms. The number of hydrogen-bond acceptors (Lipinski definition) is 6. The number of anilines is 1. The van der Waals surface area contributed by atoms with Crippen molar-refractivity contribution in [1.82, 2.24) is 9.97 Å². The predicted molar refractivity (Wildman–Crippen MR) is 127 cm³/mol. The summed E-state index contributed by atoms with van der Waals surface area (Å²) >= 11 is 4.98. The molecule has 6 nitrogen and oxygen atoms in total. The molecule has 0 saturated heterocycles. The maximum absolute atomic E-state index is 11.6. The SMILES string of the molecule is CCOC(=O)Cc1csc(NN=Cc2cc(C)c3[nH]c4ccc(Br)cc4c3c2C)n1. The van der Waals surface area contributed by atoms with E-state index >= 15 is 0 Å². The Kier molecular flexibility index (Phi) is 5.87. The average molecular weight is 485 g/mol. The number of aryl methyl sites for hydroxylation is 2. The smallest absolute Gasteiger partial charge is 0.311 e. The van der Waals surface area contributed by atoms with Crippen LogP contribution in [0.15, 0.2) is 39.2 Å². The van der Waals surface area contributed by atoms with Crippen molar-refractivity contribution in [2.45, 2.75) is 27.2 Å². The zero-order valence-electron chi connectivity index (χ0n) is 16.9. The molecule has 0 aliphatic heterocycles. The van der Waals surface area contributed by atoms with Crippen molar-refractivity contribution in [2.75, 3.05) is 12.0 Å². The van der Waals surface area contributed by atoms with Crippen molar-refractivity contribution in [1.29, 1.82) is 0 Å². The van der Waals surface area contributed by atoms with Crippen molar-refractivity contribution in [3.05, 3.63) is 56.5 Å². The van der Waals surface area contributed by atoms with E-state index < -0.39 is 0 Å². The van der Waals surface area contributed by atoms with E-state index in [1.807, 2.05) is 17.7 Å². The second kappa shape index (κ2) is 8.57. The molecule has 0 unspecified atom stereocenters. The van der Waals surface area contributed by atoms with Crippen LogP contribution in [0.5, 0.6) is 0 Å². The normalized spacial score (nSPS) is 11.6. The first-order valence-electron chi connectivity index (χ1n) is 9.56. The number of aromatic nitrogens is 2. The highest BCUT2D eigenvalue weighted by atomic mass is 79.9. The van der Waals surface area contributed by atoms with Crippen LogP contribution in [0, 0.1) is 13.8 Å². The quantitative estimate of drug-likeness (QED) is 0.208. The molecule has 0 aliphatic carbocycles. The van der Waals surface area contributed by atoms with Gasteiger partial charge < -0.3 is 9.72 Å². The van der Waals surface area contributed by atoms with E-state index in [4.69, 9.17) is 4.74 Å². The van der Waals surface area contributed by atoms with E-state index in [2.05, 4.69) is 68.5 Å². The zero-order chi connectivity index (χ0) is 21.3. The molecule has 0 radical (unpaired) electrons. The number of esters is 1. The lowest BCUT2D eigenvalue weighted by atomic mass is 9.99. The predicted octanol–water partition coefficient (Wildman–Crippen LogP) is 5.71. The number of H-pyrrole nitrogens is 1. The summed E-state index contributed by atoms with van der Waals surface area (Å²) in [6, 6.07) is 8.39. The average Bonchev–Trinajstić information content (AvgIpc) is 3.30. The van der Waals surface area contributed by atoms with Crippen molar-refractivity contribution in [3.8, 4) is 0 Å². The summed E-state index contributed by atoms with van der Waals surface area (Å²) < 4.78 is 6.01. The standard InChI is InChI=1S/C22H21BrN4O2S/c1-4-29-19(28)9-16-11-30-22(25-16)27-24-10-14-7-12(2)21-20(13(14)3)17-8-15(23)5-6-18(17)26-21/h5-8,10-11,26H,4,9H2,1-3H3,(H,25,27). The minimum absolute atomic E-state index is 0.167. The molecule has 30 heavy (non-hydrogen) atoms. The second-order valence-corrected chi connectivity index (χ2v) is 8.74. The van der Waals surface area contributed by atoms with E-state index in [1.54, 1.807) is 6.92 Å². The lowest BCUT2D eigenvalue weighted by Gasteiger charge is -2.06. The van der Waals surface area contributed by atoms with Crippen LogP contribution in [0.25, 0.3) is 21.8 Å². The first-order valence-corrected chi connectivity index (χ1v) is 11.2. The molecule has 0 saturated carbocycles. The number of benzene rings is 2. The molecular weight excluding hydrogens is 464 g/mol. The van der Waals surface area contributed by atoms with Crippen molar-refractivity contribution < 1.29 is 9.53 Å². The Hall–Kier alpha value is -2.71. The minimum atomic E-state index is -0.275. The summed E-state index contributed by atoms with van der Waals surface area (Å²) in [4.78, 5) is 19.5. The van der Waals surface area contributed by atoms with Crippen LogP contribution in [-0.4, -0.2) is 28.8 Å². The maximum Gasteiger partial charge on any atom is 0.311 e. The van der Waals surface area contributed by atoms with Gasteiger partial charge in [0.15, 0.2) is 0 Å². The third-order valence-electron chi connectivity index (χ3n) is 4.88. The molecule has 0 spiro atoms. The van der Waals surface area contributed by atoms with Gasteiger partial charge in [-0.3, -0.25) is 10.2 Å². The third kappa shape index (κ3) is 4.11. The van der Waals surface area contributed by atoms with Gasteiger partial charge in [0.25, 0.3) is 0 Å². The van der Waals surface area contributed by atoms with Crippen LogP contribution >= 0.6 is 27.3 Å². The van der Waals surface area contributed by atoms with Gasteiger partial charge in [-0.05, 0) is 61.7 Å². The van der Waals surface area contributed by atoms with Crippen molar-refractivity contribution in [3.63, 3.8) is 0 Å². The molecule has 0 atom stereocenters. The Bertz CT molecular complexity index is 1280. The Morgan fingerprint density at radius 3 is 3.00 bits per heavy atom. The molecule has 0 aliphatic rings. The topological polar surface area (TPSA) is 79.4 Å². The van der Waals surface area contributed by atoms with Gasteiger partial charge in [-0.25, -0.2) is 4.98 Å². The molecule has 2 aromatic heterocycles. The molecule has 4 rings (SSSR count). The summed E-state index contributed by atoms with van der Waals surface area (Å²) in [5, 5.41) is 9.23. The fourth-order valence-electron chi connectivity index (χ4n) is 3.50. The van der Waals surface area contributed by atoms with Crippen LogP contribution < -0.4 is 5.43 Å². The number of hydrazone groups is 1. The van der Waals surface area contributed by atoms with Crippen molar-refractivity contribution >= 4 is 66.4 Å². The van der Waals surface area contributed by atoms with E-state index in [0.717, 1.165) is 32.2 Å². The third-order valence-corrected chi connectivity index (χ3v) is 6.17. The van der Waals surface area contributed by atoms with Gasteiger partial charge in [-0.1, -0.05) is 15.9 Å². The number of fused-ring (bicyclic) bond motifs is 3. The Balaban J connectivity index is 1.58. The molecule has 4 aromatic rings. The molecule has 8 heteroatoms. The molecular formula is C22H21BrN4O2S. The number of thiazole rings is 1. The van der Waals surface area contributed by atoms with Gasteiger partial charge in [0.2, 0.25) is 5.13 Å². The highest BCUT2D eigenvalue weighted by molar-refractivity contribution is 9.10. The summed E-state index contributed by atoms with van der Waals surface area (Å²) in [6.45, 7) is 6.36. The monoisotopic (exact) mass is 484 g/mol. The fraction of sp³-hybridized carbons (Fsp3) is 0.227. The Labute approximate surface area is 186 Å². The summed E-state index contributed by atoms with van der Waals surface area (Å²) in [5.74, 6) is -0.275. The van der Waals surface area contributed by atoms with Gasteiger partial charge in [0.1, 0.15) is 0 Å². The van der Waals surface area contributed by atoms with Crippen LogP contribution in [0.3, 0.4) is 0 Å². The lowest BCUT2D eigenvalue weighted by Crippen LogP contribution is -2.07. The van der Waals surface area contributed by atoms with Gasteiger partial charge >= 0.3 is 5.97 Å². The second-order valence-electron chi connectivity index (χ2n) is 6.97. The molecule has 0 amide bonds. The summed E-state index contributed by atoms with van der Waals surface area (Å²) in [7, 11) is 0. The van der Waals surface area contributed by atoms with E-state index in [-0.39, 0.29) is 12.4 Å². The van der Waals surface area contributed by atoms with Gasteiger partial charge in [0.05, 0.1) is 24.9 Å². The number of carbonyl (C=O) groups is 1. The summed E-state index contributed by atoms with van der Waals surface area (Å²) in [6.07, 6.45) is 1.98. The Morgan fingerprint density at radius 2 is 2.20 bits per heavy atom. The fourth-order valence-corrected chi connectivity index (χ4v) is 4.52. The lowest BCUT2D eigenvalue weighted by molar-refractivity contribution is -0.142. The zero-order valence-corrected chi connectivity index (χ0v) is 19.3. The van der Waals surface area contributed by atoms with Crippen molar-refractivity contribution in [2.24, 2.45) is 5.10 Å². The Morgan fingerprint density at radius 1 is 1.37 bits per heavy atom. The van der Waals surface area contributed by atoms with Crippen LogP contribution in [0.4, 0.5) is 5.13 Å². The van der Waals surface area contributed by atoms with Gasteiger partial charge in [-0.15, -0.1) is 11.3 Å². The molecule has 0 fully saturated rings. The largest absolute Gasteiger partial charge is 0.466 e. The maximum atomic E-state index is 11.6. The summed E-state index contributed by atoms with van der Waals surface area (Å²) in [5.41, 5.74) is 9.26. The van der Waals surface area contributed by atoms with E-state index in [0.29, 0.717) is 17.4 Å². The van der Waals surface area contributed by atoms with Gasteiger partial charge in [-0.2, -0.15) is 5.10 Å². The number of ether oxygens (including phenoxy) is 1. The number of rotatable bonds is 6.